The normalized spacial score (nSPS) is 11.9. The van der Waals surface area contributed by atoms with E-state index in [2.05, 4.69) is 15.4 Å². The second kappa shape index (κ2) is 3.05. The molecule has 0 amide bonds. The Balaban J connectivity index is 2.49. The summed E-state index contributed by atoms with van der Waals surface area (Å²) in [5, 5.41) is 35.0. The molecule has 7 heteroatoms. The Morgan fingerprint density at radius 1 is 1.33 bits per heavy atom. The largest absolute Gasteiger partial charge is 0.381 e. The highest BCUT2D eigenvalue weighted by Gasteiger charge is 2.19. The fourth-order valence-electron chi connectivity index (χ4n) is 0.731. The number of nitrogen functional groups attached to an aromatic ring is 1. The number of nitrogens with two attached hydrogens (primary N) is 1. The Kier molecular flexibility index (Phi) is 2.27. The zero-order valence-corrected chi connectivity index (χ0v) is 6.23. The summed E-state index contributed by atoms with van der Waals surface area (Å²) in [4.78, 5) is 0. The summed E-state index contributed by atoms with van der Waals surface area (Å²) < 4.78 is 0. The smallest absolute Gasteiger partial charge is 0.275 e. The molecular weight excluding hydrogens is 164 g/mol. The van der Waals surface area contributed by atoms with Gasteiger partial charge in [-0.15, -0.1) is 5.10 Å². The number of H-pyrrole nitrogens is 1. The number of aryl methyl sites for hydroxylation is 1. The first kappa shape index (κ1) is 8.91. The minimum Gasteiger partial charge on any atom is -0.381 e. The lowest BCUT2D eigenvalue weighted by Gasteiger charge is -2.11. The fraction of sp³-hybridized carbons (Fsp3) is 0.600. The molecule has 0 radical (unpaired) electrons. The minimum absolute atomic E-state index is 0.145. The van der Waals surface area contributed by atoms with E-state index in [1.54, 1.807) is 0 Å². The molecule has 0 aliphatic heterocycles. The number of anilines is 1. The Hall–Kier alpha value is -1.18. The topological polar surface area (TPSA) is 128 Å². The molecule has 7 nitrogen and oxygen atoms in total. The number of nitrogens with zero attached hydrogens (tertiary/aromatic N) is 2. The van der Waals surface area contributed by atoms with Gasteiger partial charge in [0.05, 0.1) is 0 Å². The van der Waals surface area contributed by atoms with E-state index in [9.17, 15) is 0 Å². The number of aromatic amines is 1. The van der Waals surface area contributed by atoms with E-state index < -0.39 is 5.97 Å². The summed E-state index contributed by atoms with van der Waals surface area (Å²) in [6.07, 6.45) is -0.116. The van der Waals surface area contributed by atoms with Crippen LogP contribution in [0.4, 0.5) is 5.82 Å². The van der Waals surface area contributed by atoms with Gasteiger partial charge in [-0.1, -0.05) is 0 Å². The van der Waals surface area contributed by atoms with Gasteiger partial charge in [0.25, 0.3) is 5.97 Å². The van der Waals surface area contributed by atoms with Gasteiger partial charge in [0, 0.05) is 12.8 Å². The Morgan fingerprint density at radius 3 is 2.42 bits per heavy atom. The van der Waals surface area contributed by atoms with Gasteiger partial charge in [-0.05, 0) is 0 Å². The summed E-state index contributed by atoms with van der Waals surface area (Å²) in [7, 11) is 0. The zero-order chi connectivity index (χ0) is 9.19. The molecule has 1 heterocycles. The number of hydrogen-bond donors (Lipinski definition) is 5. The zero-order valence-electron chi connectivity index (χ0n) is 6.23. The average Bonchev–Trinajstić information content (AvgIpc) is 2.29. The number of hydrogen-bond acceptors (Lipinski definition) is 6. The first-order valence-electron chi connectivity index (χ1n) is 3.31. The van der Waals surface area contributed by atoms with Crippen molar-refractivity contribution in [3.63, 3.8) is 0 Å². The van der Waals surface area contributed by atoms with Crippen LogP contribution in [0.15, 0.2) is 0 Å². The van der Waals surface area contributed by atoms with Gasteiger partial charge in [0.2, 0.25) is 0 Å². The van der Waals surface area contributed by atoms with Crippen molar-refractivity contribution in [3.05, 3.63) is 5.69 Å². The lowest BCUT2D eigenvalue weighted by Crippen LogP contribution is -2.27. The number of aromatic nitrogens is 3. The summed E-state index contributed by atoms with van der Waals surface area (Å²) in [5.41, 5.74) is 5.72. The molecule has 0 saturated heterocycles. The highest BCUT2D eigenvalue weighted by molar-refractivity contribution is 5.31. The predicted molar refractivity (Wildman–Crippen MR) is 38.5 cm³/mol. The van der Waals surface area contributed by atoms with Crippen LogP contribution in [0.25, 0.3) is 0 Å². The molecule has 68 valence electrons. The fourth-order valence-corrected chi connectivity index (χ4v) is 0.731. The molecule has 0 spiro atoms. The summed E-state index contributed by atoms with van der Waals surface area (Å²) in [6.45, 7) is 0. The van der Waals surface area contributed by atoms with Gasteiger partial charge in [-0.2, -0.15) is 10.3 Å². The van der Waals surface area contributed by atoms with Crippen molar-refractivity contribution in [2.75, 3.05) is 5.73 Å². The van der Waals surface area contributed by atoms with E-state index in [-0.39, 0.29) is 18.7 Å². The van der Waals surface area contributed by atoms with E-state index in [0.717, 1.165) is 0 Å². The molecular formula is C5H10N4O3. The van der Waals surface area contributed by atoms with Gasteiger partial charge in [0.1, 0.15) is 5.69 Å². The van der Waals surface area contributed by atoms with Crippen LogP contribution in [0.2, 0.25) is 0 Å². The Bertz CT molecular complexity index is 253. The summed E-state index contributed by atoms with van der Waals surface area (Å²) in [6, 6.07) is 0. The third-order valence-electron chi connectivity index (χ3n) is 1.35. The van der Waals surface area contributed by atoms with Crippen LogP contribution in [0.1, 0.15) is 12.1 Å². The molecule has 1 rings (SSSR count). The third kappa shape index (κ3) is 2.46. The molecule has 0 unspecified atom stereocenters. The van der Waals surface area contributed by atoms with Gasteiger partial charge in [0.15, 0.2) is 5.82 Å². The molecule has 1 aromatic heterocycles. The van der Waals surface area contributed by atoms with Crippen LogP contribution in [0, 0.1) is 0 Å². The van der Waals surface area contributed by atoms with Crippen molar-refractivity contribution in [2.24, 2.45) is 0 Å². The molecule has 12 heavy (non-hydrogen) atoms. The van der Waals surface area contributed by atoms with Crippen LogP contribution < -0.4 is 5.73 Å². The molecule has 0 atom stereocenters. The lowest BCUT2D eigenvalue weighted by atomic mass is 10.2. The maximum atomic E-state index is 8.52. The molecule has 0 aromatic carbocycles. The van der Waals surface area contributed by atoms with Crippen LogP contribution in [0.5, 0.6) is 0 Å². The van der Waals surface area contributed by atoms with Crippen LogP contribution in [-0.2, 0) is 6.42 Å². The van der Waals surface area contributed by atoms with E-state index in [1.165, 1.54) is 0 Å². The van der Waals surface area contributed by atoms with E-state index in [0.29, 0.717) is 5.69 Å². The summed E-state index contributed by atoms with van der Waals surface area (Å²) in [5.74, 6) is -2.48. The van der Waals surface area contributed by atoms with Gasteiger partial charge in [-0.3, -0.25) is 0 Å². The SMILES string of the molecule is Nc1n[nH]nc1CCC(O)(O)O. The van der Waals surface area contributed by atoms with Crippen molar-refractivity contribution in [2.45, 2.75) is 18.8 Å². The first-order valence-corrected chi connectivity index (χ1v) is 3.31. The average molecular weight is 174 g/mol. The second-order valence-electron chi connectivity index (χ2n) is 2.43. The first-order chi connectivity index (χ1) is 5.49. The highest BCUT2D eigenvalue weighted by Crippen LogP contribution is 2.10. The van der Waals surface area contributed by atoms with Gasteiger partial charge >= 0.3 is 0 Å². The maximum Gasteiger partial charge on any atom is 0.275 e. The van der Waals surface area contributed by atoms with Crippen molar-refractivity contribution in [1.82, 2.24) is 15.4 Å². The van der Waals surface area contributed by atoms with E-state index in [1.807, 2.05) is 0 Å². The maximum absolute atomic E-state index is 8.52. The predicted octanol–water partition coefficient (Wildman–Crippen LogP) is -2.05. The van der Waals surface area contributed by atoms with Crippen molar-refractivity contribution in [3.8, 4) is 0 Å². The van der Waals surface area contributed by atoms with Crippen molar-refractivity contribution < 1.29 is 15.3 Å². The van der Waals surface area contributed by atoms with Crippen LogP contribution >= 0.6 is 0 Å². The third-order valence-corrected chi connectivity index (χ3v) is 1.35. The molecule has 0 fully saturated rings. The van der Waals surface area contributed by atoms with Crippen molar-refractivity contribution >= 4 is 5.82 Å². The molecule has 6 N–H and O–H groups in total. The quantitative estimate of drug-likeness (QED) is 0.335. The number of aliphatic hydroxyl groups is 3. The minimum atomic E-state index is -2.68. The molecule has 0 aliphatic carbocycles. The molecule has 0 bridgehead atoms. The van der Waals surface area contributed by atoms with E-state index >= 15 is 0 Å². The molecule has 0 saturated carbocycles. The van der Waals surface area contributed by atoms with E-state index in [4.69, 9.17) is 21.1 Å². The summed E-state index contributed by atoms with van der Waals surface area (Å²) >= 11 is 0. The van der Waals surface area contributed by atoms with Gasteiger partial charge in [-0.25, -0.2) is 0 Å². The number of nitrogens with one attached hydrogen (secondary N) is 1. The molecule has 1 aromatic rings. The van der Waals surface area contributed by atoms with Crippen molar-refractivity contribution in [1.29, 1.82) is 0 Å². The standard InChI is InChI=1S/C5H10N4O3/c6-4-3(7-9-8-4)1-2-5(10,11)12/h10-12H,1-2H2,(H3,6,7,8,9). The number of rotatable bonds is 3. The monoisotopic (exact) mass is 174 g/mol. The van der Waals surface area contributed by atoms with Crippen LogP contribution in [-0.4, -0.2) is 36.7 Å². The van der Waals surface area contributed by atoms with Crippen LogP contribution in [0.3, 0.4) is 0 Å². The second-order valence-corrected chi connectivity index (χ2v) is 2.43. The van der Waals surface area contributed by atoms with Gasteiger partial charge < -0.3 is 21.1 Å². The highest BCUT2D eigenvalue weighted by atomic mass is 16.7. The Morgan fingerprint density at radius 2 is 2.00 bits per heavy atom. The molecule has 0 aliphatic rings. The Labute approximate surface area is 67.8 Å². The lowest BCUT2D eigenvalue weighted by molar-refractivity contribution is -0.314.